The maximum atomic E-state index is 3.48. The van der Waals surface area contributed by atoms with Crippen molar-refractivity contribution in [3.8, 4) is 0 Å². The van der Waals surface area contributed by atoms with Crippen LogP contribution in [0.15, 0.2) is 10.5 Å². The minimum atomic E-state index is 0.946. The summed E-state index contributed by atoms with van der Waals surface area (Å²) in [5, 5.41) is 9.21. The predicted molar refractivity (Wildman–Crippen MR) is 61.6 cm³/mol. The lowest BCUT2D eigenvalue weighted by atomic mass is 10.2. The van der Waals surface area contributed by atoms with E-state index in [0.29, 0.717) is 0 Å². The van der Waals surface area contributed by atoms with E-state index in [2.05, 4.69) is 37.9 Å². The van der Waals surface area contributed by atoms with E-state index in [9.17, 15) is 0 Å². The van der Waals surface area contributed by atoms with Crippen LogP contribution in [-0.4, -0.2) is 21.1 Å². The van der Waals surface area contributed by atoms with E-state index in [1.54, 1.807) is 0 Å². The molecule has 0 atom stereocenters. The zero-order valence-corrected chi connectivity index (χ0v) is 9.54. The smallest absolute Gasteiger partial charge is 0.0725 e. The number of anilines is 3. The van der Waals surface area contributed by atoms with Crippen LogP contribution in [0.5, 0.6) is 0 Å². The molecule has 0 aliphatic carbocycles. The average molecular weight is 243 g/mol. The van der Waals surface area contributed by atoms with Crippen LogP contribution in [-0.2, 0) is 0 Å². The molecule has 3 nitrogen and oxygen atoms in total. The molecule has 0 saturated carbocycles. The van der Waals surface area contributed by atoms with Gasteiger partial charge in [-0.05, 0) is 22.0 Å². The lowest BCUT2D eigenvalue weighted by Crippen LogP contribution is -1.99. The van der Waals surface area contributed by atoms with Gasteiger partial charge in [0.05, 0.1) is 11.4 Å². The third kappa shape index (κ3) is 2.06. The highest BCUT2D eigenvalue weighted by Gasteiger charge is 2.06. The lowest BCUT2D eigenvalue weighted by molar-refractivity contribution is 1.40. The number of hydrogen-bond acceptors (Lipinski definition) is 3. The molecule has 13 heavy (non-hydrogen) atoms. The van der Waals surface area contributed by atoms with E-state index >= 15 is 0 Å². The van der Waals surface area contributed by atoms with Crippen molar-refractivity contribution in [3.63, 3.8) is 0 Å². The fraction of sp³-hybridized carbons (Fsp3) is 0.333. The van der Waals surface area contributed by atoms with Crippen LogP contribution >= 0.6 is 15.9 Å². The molecule has 0 aliphatic heterocycles. The molecule has 0 unspecified atom stereocenters. The first-order chi connectivity index (χ1) is 6.22. The van der Waals surface area contributed by atoms with Crippen LogP contribution in [0.1, 0.15) is 0 Å². The van der Waals surface area contributed by atoms with E-state index < -0.39 is 0 Å². The topological polar surface area (TPSA) is 36.1 Å². The summed E-state index contributed by atoms with van der Waals surface area (Å²) in [5.74, 6) is 0. The summed E-state index contributed by atoms with van der Waals surface area (Å²) in [6.07, 6.45) is 0. The van der Waals surface area contributed by atoms with Crippen molar-refractivity contribution in [2.75, 3.05) is 37.1 Å². The van der Waals surface area contributed by atoms with Gasteiger partial charge in [-0.15, -0.1) is 0 Å². The summed E-state index contributed by atoms with van der Waals surface area (Å²) in [4.78, 5) is 0. The van der Waals surface area contributed by atoms with Gasteiger partial charge < -0.3 is 16.0 Å². The molecule has 3 N–H and O–H groups in total. The van der Waals surface area contributed by atoms with Gasteiger partial charge in [0.15, 0.2) is 0 Å². The van der Waals surface area contributed by atoms with Crippen molar-refractivity contribution in [3.05, 3.63) is 16.6 Å². The molecule has 1 aromatic rings. The number of benzene rings is 1. The Labute approximate surface area is 87.0 Å². The Balaban J connectivity index is 3.20. The Morgan fingerprint density at radius 1 is 1.15 bits per heavy atom. The van der Waals surface area contributed by atoms with Gasteiger partial charge in [-0.25, -0.2) is 0 Å². The second-order valence-corrected chi connectivity index (χ2v) is 3.39. The van der Waals surface area contributed by atoms with Crippen LogP contribution in [0.4, 0.5) is 17.1 Å². The van der Waals surface area contributed by atoms with Crippen LogP contribution < -0.4 is 16.0 Å². The Kier molecular flexibility index (Phi) is 3.42. The van der Waals surface area contributed by atoms with Gasteiger partial charge in [0.25, 0.3) is 0 Å². The molecule has 0 amide bonds. The highest BCUT2D eigenvalue weighted by molar-refractivity contribution is 9.10. The molecule has 71 valence electrons. The molecule has 0 saturated heterocycles. The Hall–Kier alpha value is -0.900. The Morgan fingerprint density at radius 3 is 2.31 bits per heavy atom. The molecule has 0 aromatic heterocycles. The molecule has 0 fully saturated rings. The Bertz CT molecular complexity index is 299. The van der Waals surface area contributed by atoms with Crippen LogP contribution in [0.3, 0.4) is 0 Å². The molecular weight excluding hydrogens is 230 g/mol. The maximum absolute atomic E-state index is 3.48. The van der Waals surface area contributed by atoms with Crippen LogP contribution in [0.25, 0.3) is 0 Å². The molecule has 0 spiro atoms. The number of nitrogens with one attached hydrogen (secondary N) is 3. The predicted octanol–water partition coefficient (Wildman–Crippen LogP) is 2.37. The second-order valence-electron chi connectivity index (χ2n) is 2.53. The standard InChI is InChI=1S/C9H13BrN3/c1-11-6-4-7(10)9(13-3)8(5-6)12-2/h4,11-13H,1-3H3. The number of halogens is 1. The zero-order chi connectivity index (χ0) is 9.84. The average Bonchev–Trinajstić information content (AvgIpc) is 2.16. The summed E-state index contributed by atoms with van der Waals surface area (Å²) in [6, 6.07) is 5.17. The first kappa shape index (κ1) is 10.2. The lowest BCUT2D eigenvalue weighted by Gasteiger charge is -2.12. The van der Waals surface area contributed by atoms with E-state index in [4.69, 9.17) is 0 Å². The third-order valence-electron chi connectivity index (χ3n) is 1.79. The minimum Gasteiger partial charge on any atom is -0.388 e. The van der Waals surface area contributed by atoms with Gasteiger partial charge in [0, 0.05) is 37.4 Å². The van der Waals surface area contributed by atoms with Crippen molar-refractivity contribution in [2.45, 2.75) is 0 Å². The summed E-state index contributed by atoms with van der Waals surface area (Å²) < 4.78 is 1.02. The van der Waals surface area contributed by atoms with Gasteiger partial charge >= 0.3 is 0 Å². The van der Waals surface area contributed by atoms with Crippen molar-refractivity contribution < 1.29 is 0 Å². The van der Waals surface area contributed by atoms with Crippen LogP contribution in [0, 0.1) is 6.07 Å². The van der Waals surface area contributed by atoms with Gasteiger partial charge in [-0.3, -0.25) is 0 Å². The first-order valence-electron chi connectivity index (χ1n) is 4.02. The van der Waals surface area contributed by atoms with Crippen molar-refractivity contribution >= 4 is 33.0 Å². The minimum absolute atomic E-state index is 0.946. The van der Waals surface area contributed by atoms with Crippen molar-refractivity contribution in [2.24, 2.45) is 0 Å². The van der Waals surface area contributed by atoms with Crippen molar-refractivity contribution in [1.82, 2.24) is 0 Å². The van der Waals surface area contributed by atoms with E-state index in [-0.39, 0.29) is 0 Å². The number of rotatable bonds is 3. The normalized spacial score (nSPS) is 9.54. The fourth-order valence-corrected chi connectivity index (χ4v) is 1.74. The molecule has 0 bridgehead atoms. The van der Waals surface area contributed by atoms with Gasteiger partial charge in [0.2, 0.25) is 0 Å². The maximum Gasteiger partial charge on any atom is 0.0725 e. The van der Waals surface area contributed by atoms with Gasteiger partial charge in [-0.2, -0.15) is 0 Å². The molecule has 0 heterocycles. The molecule has 1 aromatic carbocycles. The summed E-state index contributed by atoms with van der Waals surface area (Å²) in [7, 11) is 5.63. The van der Waals surface area contributed by atoms with Crippen LogP contribution in [0.2, 0.25) is 0 Å². The van der Waals surface area contributed by atoms with E-state index in [0.717, 1.165) is 21.5 Å². The zero-order valence-electron chi connectivity index (χ0n) is 7.96. The molecule has 1 radical (unpaired) electrons. The monoisotopic (exact) mass is 242 g/mol. The van der Waals surface area contributed by atoms with E-state index in [1.165, 1.54) is 0 Å². The fourth-order valence-electron chi connectivity index (χ4n) is 1.12. The highest BCUT2D eigenvalue weighted by atomic mass is 79.9. The van der Waals surface area contributed by atoms with E-state index in [1.807, 2.05) is 27.2 Å². The SMILES string of the molecule is CNc1[c]c(NC)c(NC)c(Br)c1. The summed E-state index contributed by atoms with van der Waals surface area (Å²) in [6.45, 7) is 0. The Morgan fingerprint density at radius 2 is 1.85 bits per heavy atom. The largest absolute Gasteiger partial charge is 0.388 e. The van der Waals surface area contributed by atoms with Gasteiger partial charge in [-0.1, -0.05) is 0 Å². The van der Waals surface area contributed by atoms with Gasteiger partial charge in [0.1, 0.15) is 0 Å². The molecule has 0 aliphatic rings. The molecule has 4 heteroatoms. The molecular formula is C9H13BrN3. The first-order valence-corrected chi connectivity index (χ1v) is 4.81. The second kappa shape index (κ2) is 4.37. The summed E-state index contributed by atoms with van der Waals surface area (Å²) in [5.41, 5.74) is 2.91. The number of hydrogen-bond donors (Lipinski definition) is 3. The molecule has 1 rings (SSSR count). The summed E-state index contributed by atoms with van der Waals surface area (Å²) >= 11 is 3.48. The third-order valence-corrected chi connectivity index (χ3v) is 2.41. The quantitative estimate of drug-likeness (QED) is 0.762. The highest BCUT2D eigenvalue weighted by Crippen LogP contribution is 2.32. The van der Waals surface area contributed by atoms with Crippen molar-refractivity contribution in [1.29, 1.82) is 0 Å².